The fraction of sp³-hybridized carbons (Fsp3) is 0.533. The minimum Gasteiger partial charge on any atom is -0.338 e. The van der Waals surface area contributed by atoms with Crippen LogP contribution in [0.5, 0.6) is 0 Å². The summed E-state index contributed by atoms with van der Waals surface area (Å²) in [5.74, 6) is 2.51. The van der Waals surface area contributed by atoms with Crippen molar-refractivity contribution in [2.75, 3.05) is 24.5 Å². The number of hydrogen-bond acceptors (Lipinski definition) is 5. The number of anilines is 1. The summed E-state index contributed by atoms with van der Waals surface area (Å²) in [6.45, 7) is 3.25. The van der Waals surface area contributed by atoms with E-state index in [1.54, 1.807) is 0 Å². The van der Waals surface area contributed by atoms with Crippen molar-refractivity contribution in [3.8, 4) is 0 Å². The van der Waals surface area contributed by atoms with E-state index in [0.717, 1.165) is 43.7 Å². The van der Waals surface area contributed by atoms with Gasteiger partial charge in [-0.25, -0.2) is 0 Å². The maximum absolute atomic E-state index is 4.66. The molecule has 2 unspecified atom stereocenters. The van der Waals surface area contributed by atoms with Crippen molar-refractivity contribution in [2.24, 2.45) is 5.92 Å². The second kappa shape index (κ2) is 5.44. The fourth-order valence-corrected chi connectivity index (χ4v) is 3.41. The molecule has 0 aromatic carbocycles. The summed E-state index contributed by atoms with van der Waals surface area (Å²) in [7, 11) is 0. The quantitative estimate of drug-likeness (QED) is 0.879. The molecule has 6 nitrogen and oxygen atoms in total. The lowest BCUT2D eigenvalue weighted by molar-refractivity contribution is 0.340. The lowest BCUT2D eigenvalue weighted by Gasteiger charge is -2.24. The SMILES string of the molecule is c1cc(Cc2nc(N3CC4CCCNC4C3)n[nH]2)ccn1. The summed E-state index contributed by atoms with van der Waals surface area (Å²) >= 11 is 0. The molecule has 110 valence electrons. The normalized spacial score (nSPS) is 25.0. The van der Waals surface area contributed by atoms with Gasteiger partial charge >= 0.3 is 0 Å². The lowest BCUT2D eigenvalue weighted by atomic mass is 9.94. The van der Waals surface area contributed by atoms with Crippen LogP contribution in [0.3, 0.4) is 0 Å². The van der Waals surface area contributed by atoms with E-state index in [-0.39, 0.29) is 0 Å². The second-order valence-corrected chi connectivity index (χ2v) is 5.98. The van der Waals surface area contributed by atoms with Gasteiger partial charge in [0.05, 0.1) is 0 Å². The van der Waals surface area contributed by atoms with Crippen molar-refractivity contribution in [3.05, 3.63) is 35.9 Å². The van der Waals surface area contributed by atoms with Crippen molar-refractivity contribution < 1.29 is 0 Å². The van der Waals surface area contributed by atoms with Crippen molar-refractivity contribution in [2.45, 2.75) is 25.3 Å². The Kier molecular flexibility index (Phi) is 3.31. The number of fused-ring (bicyclic) bond motifs is 1. The number of rotatable bonds is 3. The summed E-state index contributed by atoms with van der Waals surface area (Å²) in [6, 6.07) is 4.63. The van der Waals surface area contributed by atoms with Gasteiger partial charge in [0.1, 0.15) is 5.82 Å². The number of H-pyrrole nitrogens is 1. The average Bonchev–Trinajstić information content (AvgIpc) is 3.14. The van der Waals surface area contributed by atoms with Gasteiger partial charge < -0.3 is 10.2 Å². The van der Waals surface area contributed by atoms with Gasteiger partial charge in [-0.1, -0.05) is 0 Å². The number of piperidine rings is 1. The zero-order chi connectivity index (χ0) is 14.1. The van der Waals surface area contributed by atoms with E-state index in [0.29, 0.717) is 6.04 Å². The van der Waals surface area contributed by atoms with Crippen LogP contribution in [0.2, 0.25) is 0 Å². The van der Waals surface area contributed by atoms with Gasteiger partial charge in [-0.2, -0.15) is 4.98 Å². The molecule has 2 aliphatic rings. The molecule has 2 atom stereocenters. The number of nitrogens with one attached hydrogen (secondary N) is 2. The Morgan fingerprint density at radius 1 is 1.24 bits per heavy atom. The van der Waals surface area contributed by atoms with Crippen molar-refractivity contribution >= 4 is 5.95 Å². The number of pyridine rings is 1. The molecule has 2 saturated heterocycles. The maximum Gasteiger partial charge on any atom is 0.244 e. The highest BCUT2D eigenvalue weighted by Gasteiger charge is 2.35. The van der Waals surface area contributed by atoms with Crippen molar-refractivity contribution in [1.29, 1.82) is 0 Å². The molecule has 2 N–H and O–H groups in total. The zero-order valence-corrected chi connectivity index (χ0v) is 12.0. The molecule has 2 fully saturated rings. The lowest BCUT2D eigenvalue weighted by Crippen LogP contribution is -2.40. The molecule has 4 heterocycles. The molecule has 0 spiro atoms. The highest BCUT2D eigenvalue weighted by molar-refractivity contribution is 5.33. The third-order valence-corrected chi connectivity index (χ3v) is 4.52. The Balaban J connectivity index is 1.45. The molecule has 21 heavy (non-hydrogen) atoms. The topological polar surface area (TPSA) is 69.7 Å². The molecule has 2 aromatic heterocycles. The third kappa shape index (κ3) is 2.63. The van der Waals surface area contributed by atoms with Gasteiger partial charge in [0.2, 0.25) is 5.95 Å². The monoisotopic (exact) mass is 284 g/mol. The van der Waals surface area contributed by atoms with Crippen LogP contribution in [-0.2, 0) is 6.42 Å². The number of nitrogens with zero attached hydrogens (tertiary/aromatic N) is 4. The second-order valence-electron chi connectivity index (χ2n) is 5.98. The molecule has 0 bridgehead atoms. The summed E-state index contributed by atoms with van der Waals surface area (Å²) in [5.41, 5.74) is 1.20. The van der Waals surface area contributed by atoms with E-state index in [9.17, 15) is 0 Å². The maximum atomic E-state index is 4.66. The van der Waals surface area contributed by atoms with E-state index < -0.39 is 0 Å². The van der Waals surface area contributed by atoms with E-state index in [2.05, 4.69) is 30.4 Å². The van der Waals surface area contributed by atoms with Crippen molar-refractivity contribution in [3.63, 3.8) is 0 Å². The van der Waals surface area contributed by atoms with Crippen LogP contribution in [0.1, 0.15) is 24.2 Å². The number of aromatic nitrogens is 4. The molecular formula is C15H20N6. The number of aromatic amines is 1. The first-order valence-electron chi connectivity index (χ1n) is 7.67. The van der Waals surface area contributed by atoms with E-state index >= 15 is 0 Å². The van der Waals surface area contributed by atoms with E-state index in [1.807, 2.05) is 24.5 Å². The molecule has 2 aromatic rings. The molecule has 6 heteroatoms. The van der Waals surface area contributed by atoms with E-state index in [1.165, 1.54) is 18.4 Å². The van der Waals surface area contributed by atoms with Crippen LogP contribution < -0.4 is 10.2 Å². The molecule has 0 saturated carbocycles. The first-order valence-corrected chi connectivity index (χ1v) is 7.67. The van der Waals surface area contributed by atoms with Crippen LogP contribution >= 0.6 is 0 Å². The minimum absolute atomic E-state index is 0.612. The zero-order valence-electron chi connectivity index (χ0n) is 12.0. The summed E-state index contributed by atoms with van der Waals surface area (Å²) in [6.07, 6.45) is 7.00. The standard InChI is InChI=1S/C15H20N6/c1-2-12-9-21(10-13(12)17-5-1)15-18-14(19-20-15)8-11-3-6-16-7-4-11/h3-4,6-7,12-13,17H,1-2,5,8-10H2,(H,18,19,20). The predicted octanol–water partition coefficient (Wildman–Crippen LogP) is 0.979. The van der Waals surface area contributed by atoms with Gasteiger partial charge in [0, 0.05) is 37.9 Å². The summed E-state index contributed by atoms with van der Waals surface area (Å²) < 4.78 is 0. The molecule has 0 aliphatic carbocycles. The Morgan fingerprint density at radius 3 is 3.00 bits per heavy atom. The molecular weight excluding hydrogens is 264 g/mol. The Labute approximate surface area is 124 Å². The van der Waals surface area contributed by atoms with Crippen LogP contribution in [0.15, 0.2) is 24.5 Å². The minimum atomic E-state index is 0.612. The Bertz CT molecular complexity index is 581. The van der Waals surface area contributed by atoms with Gasteiger partial charge in [-0.15, -0.1) is 5.10 Å². The highest BCUT2D eigenvalue weighted by Crippen LogP contribution is 2.27. The van der Waals surface area contributed by atoms with Crippen molar-refractivity contribution in [1.82, 2.24) is 25.5 Å². The van der Waals surface area contributed by atoms with Gasteiger partial charge in [0.15, 0.2) is 0 Å². The molecule has 0 amide bonds. The third-order valence-electron chi connectivity index (χ3n) is 4.52. The fourth-order valence-electron chi connectivity index (χ4n) is 3.41. The summed E-state index contributed by atoms with van der Waals surface area (Å²) in [4.78, 5) is 11.0. The van der Waals surface area contributed by atoms with Gasteiger partial charge in [0.25, 0.3) is 0 Å². The van der Waals surface area contributed by atoms with E-state index in [4.69, 9.17) is 0 Å². The van der Waals surface area contributed by atoms with Crippen LogP contribution in [0.25, 0.3) is 0 Å². The van der Waals surface area contributed by atoms with Gasteiger partial charge in [-0.3, -0.25) is 10.1 Å². The molecule has 4 rings (SSSR count). The van der Waals surface area contributed by atoms with Crippen LogP contribution in [0, 0.1) is 5.92 Å². The first kappa shape index (κ1) is 12.8. The molecule has 2 aliphatic heterocycles. The Hall–Kier alpha value is -1.95. The average molecular weight is 284 g/mol. The van der Waals surface area contributed by atoms with Crippen LogP contribution in [-0.4, -0.2) is 45.8 Å². The summed E-state index contributed by atoms with van der Waals surface area (Å²) in [5, 5.41) is 11.1. The number of hydrogen-bond donors (Lipinski definition) is 2. The first-order chi connectivity index (χ1) is 10.4. The van der Waals surface area contributed by atoms with Crippen LogP contribution in [0.4, 0.5) is 5.95 Å². The molecule has 0 radical (unpaired) electrons. The predicted molar refractivity (Wildman–Crippen MR) is 80.2 cm³/mol. The van der Waals surface area contributed by atoms with Gasteiger partial charge in [-0.05, 0) is 43.0 Å². The smallest absolute Gasteiger partial charge is 0.244 e. The highest BCUT2D eigenvalue weighted by atomic mass is 15.4. The largest absolute Gasteiger partial charge is 0.338 e. The Morgan fingerprint density at radius 2 is 2.14 bits per heavy atom.